The molecular formula is C11H13ClO. The maximum atomic E-state index is 10.1. The molecule has 0 heterocycles. The van der Waals surface area contributed by atoms with Gasteiger partial charge in [-0.3, -0.25) is 0 Å². The van der Waals surface area contributed by atoms with Gasteiger partial charge in [-0.05, 0) is 37.8 Å². The molecule has 2 heteroatoms. The molecule has 1 N–H and O–H groups in total. The topological polar surface area (TPSA) is 20.2 Å². The molecule has 13 heavy (non-hydrogen) atoms. The van der Waals surface area contributed by atoms with Gasteiger partial charge in [-0.2, -0.15) is 0 Å². The summed E-state index contributed by atoms with van der Waals surface area (Å²) >= 11 is 6.07. The van der Waals surface area contributed by atoms with Crippen LogP contribution < -0.4 is 0 Å². The number of rotatable bonds is 1. The smallest absolute Gasteiger partial charge is 0.0911 e. The summed E-state index contributed by atoms with van der Waals surface area (Å²) < 4.78 is 0. The zero-order valence-corrected chi connectivity index (χ0v) is 8.43. The van der Waals surface area contributed by atoms with E-state index in [0.717, 1.165) is 30.4 Å². The van der Waals surface area contributed by atoms with E-state index in [2.05, 4.69) is 0 Å². The normalized spacial score (nSPS) is 19.6. The molecule has 1 nitrogen and oxygen atoms in total. The molecule has 0 aliphatic heterocycles. The molecule has 0 amide bonds. The average Bonchev–Trinajstić information content (AvgIpc) is 2.00. The monoisotopic (exact) mass is 196 g/mol. The lowest BCUT2D eigenvalue weighted by Gasteiger charge is -2.37. The highest BCUT2D eigenvalue weighted by molar-refractivity contribution is 6.31. The van der Waals surface area contributed by atoms with Crippen molar-refractivity contribution >= 4 is 11.6 Å². The van der Waals surface area contributed by atoms with Crippen LogP contribution in [-0.2, 0) is 5.60 Å². The Morgan fingerprint density at radius 1 is 1.38 bits per heavy atom. The Morgan fingerprint density at radius 2 is 2.08 bits per heavy atom. The zero-order valence-electron chi connectivity index (χ0n) is 7.68. The minimum atomic E-state index is -0.634. The Balaban J connectivity index is 2.40. The first kappa shape index (κ1) is 9.04. The molecule has 1 fully saturated rings. The lowest BCUT2D eigenvalue weighted by atomic mass is 9.75. The fraction of sp³-hybridized carbons (Fsp3) is 0.455. The lowest BCUT2D eigenvalue weighted by Crippen LogP contribution is -2.33. The van der Waals surface area contributed by atoms with Crippen LogP contribution in [0, 0.1) is 6.92 Å². The van der Waals surface area contributed by atoms with E-state index in [1.54, 1.807) is 0 Å². The van der Waals surface area contributed by atoms with Crippen LogP contribution in [0.3, 0.4) is 0 Å². The van der Waals surface area contributed by atoms with E-state index in [0.29, 0.717) is 5.02 Å². The molecule has 1 aromatic rings. The highest BCUT2D eigenvalue weighted by atomic mass is 35.5. The van der Waals surface area contributed by atoms with Crippen molar-refractivity contribution < 1.29 is 5.11 Å². The molecule has 70 valence electrons. The van der Waals surface area contributed by atoms with Gasteiger partial charge in [-0.1, -0.05) is 23.7 Å². The standard InChI is InChI=1S/C11H13ClO/c1-8-3-4-9(10(12)7-8)11(13)5-2-6-11/h3-4,7,13H,2,5-6H2,1H3. The van der Waals surface area contributed by atoms with Crippen molar-refractivity contribution in [1.29, 1.82) is 0 Å². The highest BCUT2D eigenvalue weighted by Crippen LogP contribution is 2.43. The fourth-order valence-electron chi connectivity index (χ4n) is 1.78. The fourth-order valence-corrected chi connectivity index (χ4v) is 2.19. The van der Waals surface area contributed by atoms with E-state index in [9.17, 15) is 5.11 Å². The van der Waals surface area contributed by atoms with E-state index in [1.807, 2.05) is 25.1 Å². The van der Waals surface area contributed by atoms with Crippen molar-refractivity contribution in [3.8, 4) is 0 Å². The Hall–Kier alpha value is -0.530. The summed E-state index contributed by atoms with van der Waals surface area (Å²) in [5.41, 5.74) is 1.40. The number of hydrogen-bond acceptors (Lipinski definition) is 1. The van der Waals surface area contributed by atoms with Crippen LogP contribution in [0.4, 0.5) is 0 Å². The first-order chi connectivity index (χ1) is 6.12. The van der Waals surface area contributed by atoms with Gasteiger partial charge in [-0.25, -0.2) is 0 Å². The molecule has 0 saturated heterocycles. The Kier molecular flexibility index (Phi) is 2.09. The van der Waals surface area contributed by atoms with Gasteiger partial charge in [-0.15, -0.1) is 0 Å². The van der Waals surface area contributed by atoms with E-state index >= 15 is 0 Å². The SMILES string of the molecule is Cc1ccc(C2(O)CCC2)c(Cl)c1. The van der Waals surface area contributed by atoms with Gasteiger partial charge >= 0.3 is 0 Å². The molecule has 1 aliphatic carbocycles. The maximum absolute atomic E-state index is 10.1. The molecule has 1 aliphatic rings. The summed E-state index contributed by atoms with van der Waals surface area (Å²) in [5, 5.41) is 10.8. The largest absolute Gasteiger partial charge is 0.385 e. The predicted octanol–water partition coefficient (Wildman–Crippen LogP) is 3.02. The minimum absolute atomic E-state index is 0.634. The summed E-state index contributed by atoms with van der Waals surface area (Å²) in [5.74, 6) is 0. The number of hydrogen-bond donors (Lipinski definition) is 1. The Bertz CT molecular complexity index is 329. The molecule has 0 radical (unpaired) electrons. The summed E-state index contributed by atoms with van der Waals surface area (Å²) in [6.45, 7) is 2.00. The molecule has 1 aromatic carbocycles. The molecule has 2 rings (SSSR count). The number of halogens is 1. The predicted molar refractivity (Wildman–Crippen MR) is 53.9 cm³/mol. The highest BCUT2D eigenvalue weighted by Gasteiger charge is 2.37. The summed E-state index contributed by atoms with van der Waals surface area (Å²) in [7, 11) is 0. The molecular weight excluding hydrogens is 184 g/mol. The first-order valence-corrected chi connectivity index (χ1v) is 4.99. The van der Waals surface area contributed by atoms with Crippen molar-refractivity contribution in [2.45, 2.75) is 31.8 Å². The van der Waals surface area contributed by atoms with Crippen LogP contribution in [0.5, 0.6) is 0 Å². The van der Waals surface area contributed by atoms with Gasteiger partial charge in [0.2, 0.25) is 0 Å². The number of benzene rings is 1. The van der Waals surface area contributed by atoms with Crippen molar-refractivity contribution in [3.63, 3.8) is 0 Å². The van der Waals surface area contributed by atoms with E-state index in [1.165, 1.54) is 0 Å². The number of aryl methyl sites for hydroxylation is 1. The second-order valence-electron chi connectivity index (χ2n) is 3.87. The quantitative estimate of drug-likeness (QED) is 0.732. The summed E-state index contributed by atoms with van der Waals surface area (Å²) in [6.07, 6.45) is 2.78. The van der Waals surface area contributed by atoms with Crippen molar-refractivity contribution in [3.05, 3.63) is 34.3 Å². The molecule has 1 saturated carbocycles. The Labute approximate surface area is 83.3 Å². The molecule has 0 aromatic heterocycles. The van der Waals surface area contributed by atoms with Crippen LogP contribution in [-0.4, -0.2) is 5.11 Å². The average molecular weight is 197 g/mol. The van der Waals surface area contributed by atoms with Gasteiger partial charge in [0.1, 0.15) is 0 Å². The van der Waals surface area contributed by atoms with Gasteiger partial charge in [0.15, 0.2) is 0 Å². The zero-order chi connectivity index (χ0) is 9.47. The summed E-state index contributed by atoms with van der Waals surface area (Å²) in [6, 6.07) is 5.85. The molecule has 0 atom stereocenters. The third-order valence-electron chi connectivity index (χ3n) is 2.81. The van der Waals surface area contributed by atoms with Crippen LogP contribution in [0.15, 0.2) is 18.2 Å². The Morgan fingerprint density at radius 3 is 2.54 bits per heavy atom. The summed E-state index contributed by atoms with van der Waals surface area (Å²) in [4.78, 5) is 0. The van der Waals surface area contributed by atoms with E-state index in [-0.39, 0.29) is 0 Å². The molecule has 0 spiro atoms. The van der Waals surface area contributed by atoms with Gasteiger partial charge in [0, 0.05) is 10.6 Å². The third kappa shape index (κ3) is 1.47. The number of aliphatic hydroxyl groups is 1. The van der Waals surface area contributed by atoms with E-state index in [4.69, 9.17) is 11.6 Å². The second kappa shape index (κ2) is 3.00. The van der Waals surface area contributed by atoms with Gasteiger partial charge in [0.25, 0.3) is 0 Å². The van der Waals surface area contributed by atoms with Crippen LogP contribution >= 0.6 is 11.6 Å². The van der Waals surface area contributed by atoms with Gasteiger partial charge in [0.05, 0.1) is 5.60 Å². The van der Waals surface area contributed by atoms with E-state index < -0.39 is 5.60 Å². The van der Waals surface area contributed by atoms with Gasteiger partial charge < -0.3 is 5.11 Å². The third-order valence-corrected chi connectivity index (χ3v) is 3.12. The van der Waals surface area contributed by atoms with Crippen LogP contribution in [0.25, 0.3) is 0 Å². The van der Waals surface area contributed by atoms with Crippen molar-refractivity contribution in [2.75, 3.05) is 0 Å². The molecule has 0 unspecified atom stereocenters. The lowest BCUT2D eigenvalue weighted by molar-refractivity contribution is -0.0386. The second-order valence-corrected chi connectivity index (χ2v) is 4.28. The van der Waals surface area contributed by atoms with Crippen LogP contribution in [0.1, 0.15) is 30.4 Å². The van der Waals surface area contributed by atoms with Crippen molar-refractivity contribution in [2.24, 2.45) is 0 Å². The molecule has 0 bridgehead atoms. The van der Waals surface area contributed by atoms with Crippen LogP contribution in [0.2, 0.25) is 5.02 Å². The van der Waals surface area contributed by atoms with Crippen molar-refractivity contribution in [1.82, 2.24) is 0 Å². The first-order valence-electron chi connectivity index (χ1n) is 4.61. The maximum Gasteiger partial charge on any atom is 0.0911 e. The minimum Gasteiger partial charge on any atom is -0.385 e.